The van der Waals surface area contributed by atoms with Crippen molar-refractivity contribution in [2.45, 2.75) is 39.2 Å². The minimum Gasteiger partial charge on any atom is -0.355 e. The normalized spacial score (nSPS) is 16.2. The number of hydrogen-bond acceptors (Lipinski definition) is 5. The molecule has 0 aliphatic carbocycles. The largest absolute Gasteiger partial charge is 0.355 e. The van der Waals surface area contributed by atoms with Crippen LogP contribution in [-0.2, 0) is 11.3 Å². The Hall–Kier alpha value is -3.74. The van der Waals surface area contributed by atoms with Crippen molar-refractivity contribution in [3.05, 3.63) is 78.2 Å². The van der Waals surface area contributed by atoms with Crippen LogP contribution in [0.2, 0.25) is 0 Å². The summed E-state index contributed by atoms with van der Waals surface area (Å²) in [5, 5.41) is 8.67. The SMILES string of the molecule is CC(C)c1ccc(CNC(=O)[C@@H]2CCCN(c3ncnc4nn(-c5ccccc5)cc34)C2)cc1. The molecular formula is C27H30N6O. The highest BCUT2D eigenvalue weighted by molar-refractivity contribution is 5.87. The van der Waals surface area contributed by atoms with Crippen LogP contribution in [0.15, 0.2) is 67.1 Å². The number of carbonyl (C=O) groups excluding carboxylic acids is 1. The summed E-state index contributed by atoms with van der Waals surface area (Å²) in [5.41, 5.74) is 4.06. The van der Waals surface area contributed by atoms with Gasteiger partial charge in [0.25, 0.3) is 0 Å². The van der Waals surface area contributed by atoms with Gasteiger partial charge in [0.05, 0.1) is 17.0 Å². The number of anilines is 1. The molecule has 0 spiro atoms. The third-order valence-corrected chi connectivity index (χ3v) is 6.52. The van der Waals surface area contributed by atoms with Crippen LogP contribution in [0.25, 0.3) is 16.7 Å². The zero-order valence-electron chi connectivity index (χ0n) is 19.7. The second-order valence-electron chi connectivity index (χ2n) is 9.24. The molecule has 2 aromatic carbocycles. The number of hydrogen-bond donors (Lipinski definition) is 1. The monoisotopic (exact) mass is 454 g/mol. The Morgan fingerprint density at radius 2 is 1.88 bits per heavy atom. The van der Waals surface area contributed by atoms with Gasteiger partial charge in [0.15, 0.2) is 5.65 Å². The highest BCUT2D eigenvalue weighted by atomic mass is 16.1. The summed E-state index contributed by atoms with van der Waals surface area (Å²) in [6, 6.07) is 18.5. The molecule has 1 fully saturated rings. The van der Waals surface area contributed by atoms with Crippen molar-refractivity contribution < 1.29 is 4.79 Å². The van der Waals surface area contributed by atoms with Gasteiger partial charge in [-0.3, -0.25) is 4.79 Å². The smallest absolute Gasteiger partial charge is 0.225 e. The van der Waals surface area contributed by atoms with Crippen LogP contribution in [0.1, 0.15) is 43.7 Å². The Bertz CT molecular complexity index is 1270. The van der Waals surface area contributed by atoms with Crippen molar-refractivity contribution in [1.82, 2.24) is 25.1 Å². The van der Waals surface area contributed by atoms with E-state index < -0.39 is 0 Å². The Morgan fingerprint density at radius 3 is 2.65 bits per heavy atom. The van der Waals surface area contributed by atoms with E-state index in [1.807, 2.05) is 41.2 Å². The number of para-hydroxylation sites is 1. The average molecular weight is 455 g/mol. The fourth-order valence-electron chi connectivity index (χ4n) is 4.53. The second-order valence-corrected chi connectivity index (χ2v) is 9.24. The fourth-order valence-corrected chi connectivity index (χ4v) is 4.53. The van der Waals surface area contributed by atoms with Crippen LogP contribution in [0.3, 0.4) is 0 Å². The molecule has 1 amide bonds. The standard InChI is InChI=1S/C27H30N6O/c1-19(2)21-12-10-20(11-13-21)15-28-27(34)22-7-6-14-32(16-22)26-24-17-33(23-8-4-3-5-9-23)31-25(24)29-18-30-26/h3-5,8-13,17-19,22H,6-7,14-16H2,1-2H3,(H,28,34)/t22-/m1/s1. The van der Waals surface area contributed by atoms with Crippen LogP contribution < -0.4 is 10.2 Å². The van der Waals surface area contributed by atoms with Gasteiger partial charge in [-0.25, -0.2) is 14.6 Å². The quantitative estimate of drug-likeness (QED) is 0.465. The van der Waals surface area contributed by atoms with E-state index in [9.17, 15) is 4.79 Å². The molecule has 1 N–H and O–H groups in total. The summed E-state index contributed by atoms with van der Waals surface area (Å²) in [7, 11) is 0. The maximum absolute atomic E-state index is 13.0. The Labute approximate surface area is 199 Å². The maximum Gasteiger partial charge on any atom is 0.225 e. The Balaban J connectivity index is 1.28. The summed E-state index contributed by atoms with van der Waals surface area (Å²) in [6.07, 6.45) is 5.36. The van der Waals surface area contributed by atoms with E-state index >= 15 is 0 Å². The maximum atomic E-state index is 13.0. The lowest BCUT2D eigenvalue weighted by Crippen LogP contribution is -2.43. The predicted molar refractivity (Wildman–Crippen MR) is 134 cm³/mol. The molecule has 1 saturated heterocycles. The molecule has 0 radical (unpaired) electrons. The number of nitrogens with one attached hydrogen (secondary N) is 1. The number of nitrogens with zero attached hydrogens (tertiary/aromatic N) is 5. The fraction of sp³-hybridized carbons (Fsp3) is 0.333. The third kappa shape index (κ3) is 4.64. The van der Waals surface area contributed by atoms with E-state index in [2.05, 4.69) is 63.4 Å². The van der Waals surface area contributed by atoms with E-state index in [-0.39, 0.29) is 11.8 Å². The molecule has 5 rings (SSSR count). The van der Waals surface area contributed by atoms with Crippen LogP contribution in [-0.4, -0.2) is 38.7 Å². The predicted octanol–water partition coefficient (Wildman–Crippen LogP) is 4.47. The van der Waals surface area contributed by atoms with Crippen LogP contribution >= 0.6 is 0 Å². The van der Waals surface area contributed by atoms with E-state index in [1.54, 1.807) is 6.33 Å². The molecule has 1 aliphatic heterocycles. The number of fused-ring (bicyclic) bond motifs is 1. The average Bonchev–Trinajstić information content (AvgIpc) is 3.33. The van der Waals surface area contributed by atoms with Gasteiger partial charge in [0.1, 0.15) is 12.1 Å². The summed E-state index contributed by atoms with van der Waals surface area (Å²) < 4.78 is 1.83. The van der Waals surface area contributed by atoms with Gasteiger partial charge >= 0.3 is 0 Å². The van der Waals surface area contributed by atoms with Gasteiger partial charge in [-0.1, -0.05) is 56.3 Å². The van der Waals surface area contributed by atoms with E-state index in [1.165, 1.54) is 5.56 Å². The second kappa shape index (κ2) is 9.63. The molecule has 1 atom stereocenters. The zero-order chi connectivity index (χ0) is 23.5. The Morgan fingerprint density at radius 1 is 1.09 bits per heavy atom. The first kappa shape index (κ1) is 22.1. The Kier molecular flexibility index (Phi) is 6.25. The molecule has 4 aromatic rings. The van der Waals surface area contributed by atoms with Gasteiger partial charge in [-0.15, -0.1) is 5.10 Å². The molecule has 7 nitrogen and oxygen atoms in total. The van der Waals surface area contributed by atoms with Gasteiger partial charge < -0.3 is 10.2 Å². The minimum atomic E-state index is -0.0714. The molecule has 2 aromatic heterocycles. The van der Waals surface area contributed by atoms with Gasteiger partial charge in [0.2, 0.25) is 5.91 Å². The number of piperidine rings is 1. The van der Waals surface area contributed by atoms with E-state index in [0.717, 1.165) is 41.8 Å². The molecule has 34 heavy (non-hydrogen) atoms. The van der Waals surface area contributed by atoms with Crippen molar-refractivity contribution in [1.29, 1.82) is 0 Å². The topological polar surface area (TPSA) is 75.9 Å². The van der Waals surface area contributed by atoms with Crippen molar-refractivity contribution in [2.75, 3.05) is 18.0 Å². The highest BCUT2D eigenvalue weighted by Crippen LogP contribution is 2.28. The highest BCUT2D eigenvalue weighted by Gasteiger charge is 2.28. The summed E-state index contributed by atoms with van der Waals surface area (Å²) in [4.78, 5) is 24.1. The number of rotatable bonds is 6. The number of carbonyl (C=O) groups is 1. The molecule has 0 unspecified atom stereocenters. The summed E-state index contributed by atoms with van der Waals surface area (Å²) >= 11 is 0. The zero-order valence-corrected chi connectivity index (χ0v) is 19.7. The first-order valence-electron chi connectivity index (χ1n) is 12.0. The van der Waals surface area contributed by atoms with E-state index in [4.69, 9.17) is 0 Å². The van der Waals surface area contributed by atoms with Gasteiger partial charge in [-0.05, 0) is 42.0 Å². The molecule has 174 valence electrons. The van der Waals surface area contributed by atoms with Crippen molar-refractivity contribution in [2.24, 2.45) is 5.92 Å². The van der Waals surface area contributed by atoms with Crippen LogP contribution in [0.4, 0.5) is 5.82 Å². The van der Waals surface area contributed by atoms with Crippen molar-refractivity contribution in [3.63, 3.8) is 0 Å². The van der Waals surface area contributed by atoms with Gasteiger partial charge in [-0.2, -0.15) is 0 Å². The lowest BCUT2D eigenvalue weighted by molar-refractivity contribution is -0.125. The summed E-state index contributed by atoms with van der Waals surface area (Å²) in [6.45, 7) is 6.42. The molecule has 3 heterocycles. The lowest BCUT2D eigenvalue weighted by Gasteiger charge is -2.33. The number of amides is 1. The van der Waals surface area contributed by atoms with Crippen LogP contribution in [0, 0.1) is 5.92 Å². The van der Waals surface area contributed by atoms with E-state index in [0.29, 0.717) is 24.7 Å². The molecule has 1 aliphatic rings. The first-order chi connectivity index (χ1) is 16.6. The lowest BCUT2D eigenvalue weighted by atomic mass is 9.96. The molecule has 0 saturated carbocycles. The third-order valence-electron chi connectivity index (χ3n) is 6.52. The van der Waals surface area contributed by atoms with Crippen LogP contribution in [0.5, 0.6) is 0 Å². The molecular weight excluding hydrogens is 424 g/mol. The molecule has 7 heteroatoms. The summed E-state index contributed by atoms with van der Waals surface area (Å²) in [5.74, 6) is 1.37. The molecule has 0 bridgehead atoms. The first-order valence-corrected chi connectivity index (χ1v) is 12.0. The number of aromatic nitrogens is 4. The minimum absolute atomic E-state index is 0.0714. The van der Waals surface area contributed by atoms with Crippen molar-refractivity contribution in [3.8, 4) is 5.69 Å². The van der Waals surface area contributed by atoms with Crippen molar-refractivity contribution >= 4 is 22.8 Å². The number of benzene rings is 2. The van der Waals surface area contributed by atoms with Gasteiger partial charge in [0, 0.05) is 25.8 Å².